The summed E-state index contributed by atoms with van der Waals surface area (Å²) in [5.74, 6) is 0.873. The minimum absolute atomic E-state index is 0.819. The molecular weight excluding hydrogens is 234 g/mol. The van der Waals surface area contributed by atoms with Crippen LogP contribution in [0.1, 0.15) is 25.3 Å². The summed E-state index contributed by atoms with van der Waals surface area (Å²) in [5, 5.41) is 1.07. The highest BCUT2D eigenvalue weighted by molar-refractivity contribution is 5.92. The summed E-state index contributed by atoms with van der Waals surface area (Å²) in [6.07, 6.45) is 4.46. The van der Waals surface area contributed by atoms with Crippen LogP contribution in [0.2, 0.25) is 0 Å². The van der Waals surface area contributed by atoms with Gasteiger partial charge in [-0.25, -0.2) is 0 Å². The second-order valence-corrected chi connectivity index (χ2v) is 5.67. The largest absolute Gasteiger partial charge is 0.398 e. The number of anilines is 1. The number of pyridine rings is 1. The van der Waals surface area contributed by atoms with Crippen molar-refractivity contribution >= 4 is 16.6 Å². The van der Waals surface area contributed by atoms with Crippen molar-refractivity contribution in [3.63, 3.8) is 0 Å². The number of hydrogen-bond donors (Lipinski definition) is 1. The van der Waals surface area contributed by atoms with Crippen molar-refractivity contribution in [3.05, 3.63) is 36.0 Å². The van der Waals surface area contributed by atoms with Crippen molar-refractivity contribution in [2.45, 2.75) is 26.3 Å². The third kappa shape index (κ3) is 2.56. The molecule has 1 aromatic heterocycles. The summed E-state index contributed by atoms with van der Waals surface area (Å²) in [5.41, 5.74) is 9.19. The maximum absolute atomic E-state index is 6.02. The lowest BCUT2D eigenvalue weighted by Gasteiger charge is -2.30. The molecule has 0 radical (unpaired) electrons. The number of benzene rings is 1. The van der Waals surface area contributed by atoms with Crippen LogP contribution >= 0.6 is 0 Å². The Morgan fingerprint density at radius 1 is 1.26 bits per heavy atom. The Morgan fingerprint density at radius 2 is 2.05 bits per heavy atom. The fraction of sp³-hybridized carbons (Fsp3) is 0.438. The van der Waals surface area contributed by atoms with Gasteiger partial charge in [0.05, 0.1) is 5.52 Å². The number of likely N-dealkylation sites (tertiary alicyclic amines) is 1. The standard InChI is InChI=1S/C16H21N3/c1-12-6-9-19(10-7-12)11-13-4-5-15(17)14-3-2-8-18-16(13)14/h2-5,8,12H,6-7,9-11,17H2,1H3. The van der Waals surface area contributed by atoms with E-state index in [0.717, 1.165) is 29.1 Å². The van der Waals surface area contributed by atoms with E-state index in [1.807, 2.05) is 18.3 Å². The Morgan fingerprint density at radius 3 is 2.84 bits per heavy atom. The second-order valence-electron chi connectivity index (χ2n) is 5.67. The predicted octanol–water partition coefficient (Wildman–Crippen LogP) is 3.05. The number of fused-ring (bicyclic) bond motifs is 1. The third-order valence-corrected chi connectivity index (χ3v) is 4.16. The lowest BCUT2D eigenvalue weighted by atomic mass is 9.98. The first-order valence-electron chi connectivity index (χ1n) is 7.08. The maximum Gasteiger partial charge on any atom is 0.0767 e. The van der Waals surface area contributed by atoms with E-state index in [0.29, 0.717) is 0 Å². The van der Waals surface area contributed by atoms with Crippen molar-refractivity contribution in [3.8, 4) is 0 Å². The molecule has 0 atom stereocenters. The second kappa shape index (κ2) is 5.17. The molecule has 1 fully saturated rings. The molecule has 0 saturated carbocycles. The number of hydrogen-bond acceptors (Lipinski definition) is 3. The van der Waals surface area contributed by atoms with E-state index < -0.39 is 0 Å². The molecule has 0 aliphatic carbocycles. The van der Waals surface area contributed by atoms with Crippen LogP contribution in [-0.4, -0.2) is 23.0 Å². The Balaban J connectivity index is 1.87. The minimum atomic E-state index is 0.819. The van der Waals surface area contributed by atoms with Gasteiger partial charge in [0.15, 0.2) is 0 Å². The van der Waals surface area contributed by atoms with Gasteiger partial charge in [0.1, 0.15) is 0 Å². The number of nitrogens with zero attached hydrogens (tertiary/aromatic N) is 2. The Kier molecular flexibility index (Phi) is 3.38. The lowest BCUT2D eigenvalue weighted by molar-refractivity contribution is 0.186. The molecule has 3 heteroatoms. The SMILES string of the molecule is CC1CCN(Cc2ccc(N)c3cccnc23)CC1. The summed E-state index contributed by atoms with van der Waals surface area (Å²) in [7, 11) is 0. The number of rotatable bonds is 2. The molecule has 19 heavy (non-hydrogen) atoms. The molecule has 0 unspecified atom stereocenters. The highest BCUT2D eigenvalue weighted by Crippen LogP contribution is 2.25. The van der Waals surface area contributed by atoms with E-state index >= 15 is 0 Å². The lowest BCUT2D eigenvalue weighted by Crippen LogP contribution is -2.32. The summed E-state index contributed by atoms with van der Waals surface area (Å²) >= 11 is 0. The molecular formula is C16H21N3. The van der Waals surface area contributed by atoms with Gasteiger partial charge >= 0.3 is 0 Å². The molecule has 3 rings (SSSR count). The van der Waals surface area contributed by atoms with Crippen molar-refractivity contribution in [1.29, 1.82) is 0 Å². The Labute approximate surface area is 114 Å². The van der Waals surface area contributed by atoms with Crippen LogP contribution in [0.25, 0.3) is 10.9 Å². The first-order valence-corrected chi connectivity index (χ1v) is 7.08. The average molecular weight is 255 g/mol. The minimum Gasteiger partial charge on any atom is -0.398 e. The molecule has 3 nitrogen and oxygen atoms in total. The monoisotopic (exact) mass is 255 g/mol. The highest BCUT2D eigenvalue weighted by atomic mass is 15.1. The van der Waals surface area contributed by atoms with Crippen LogP contribution in [0.5, 0.6) is 0 Å². The van der Waals surface area contributed by atoms with Crippen LogP contribution in [0, 0.1) is 5.92 Å². The summed E-state index contributed by atoms with van der Waals surface area (Å²) in [6.45, 7) is 5.72. The zero-order valence-corrected chi connectivity index (χ0v) is 11.5. The molecule has 2 N–H and O–H groups in total. The highest BCUT2D eigenvalue weighted by Gasteiger charge is 2.17. The van der Waals surface area contributed by atoms with E-state index in [1.165, 1.54) is 31.5 Å². The van der Waals surface area contributed by atoms with E-state index in [9.17, 15) is 0 Å². The van der Waals surface area contributed by atoms with Crippen molar-refractivity contribution < 1.29 is 0 Å². The van der Waals surface area contributed by atoms with E-state index in [4.69, 9.17) is 5.73 Å². The van der Waals surface area contributed by atoms with Crippen LogP contribution < -0.4 is 5.73 Å². The summed E-state index contributed by atoms with van der Waals surface area (Å²) < 4.78 is 0. The smallest absolute Gasteiger partial charge is 0.0767 e. The Hall–Kier alpha value is -1.61. The van der Waals surface area contributed by atoms with Crippen molar-refractivity contribution in [1.82, 2.24) is 9.88 Å². The van der Waals surface area contributed by atoms with Crippen molar-refractivity contribution in [2.24, 2.45) is 5.92 Å². The predicted molar refractivity (Wildman–Crippen MR) is 79.8 cm³/mol. The summed E-state index contributed by atoms with van der Waals surface area (Å²) in [4.78, 5) is 7.04. The number of nitrogen functional groups attached to an aromatic ring is 1. The van der Waals surface area contributed by atoms with Gasteiger partial charge in [0, 0.05) is 23.8 Å². The van der Waals surface area contributed by atoms with E-state index in [-0.39, 0.29) is 0 Å². The van der Waals surface area contributed by atoms with Crippen molar-refractivity contribution in [2.75, 3.05) is 18.8 Å². The van der Waals surface area contributed by atoms with Crippen LogP contribution in [0.15, 0.2) is 30.5 Å². The first kappa shape index (κ1) is 12.4. The quantitative estimate of drug-likeness (QED) is 0.839. The molecule has 100 valence electrons. The zero-order chi connectivity index (χ0) is 13.2. The normalized spacial score (nSPS) is 17.9. The average Bonchev–Trinajstić information content (AvgIpc) is 2.45. The van der Waals surface area contributed by atoms with E-state index in [2.05, 4.69) is 28.9 Å². The fourth-order valence-electron chi connectivity index (χ4n) is 2.84. The molecule has 2 aromatic rings. The van der Waals surface area contributed by atoms with Gasteiger partial charge < -0.3 is 5.73 Å². The van der Waals surface area contributed by atoms with Crippen LogP contribution in [-0.2, 0) is 6.54 Å². The van der Waals surface area contributed by atoms with E-state index in [1.54, 1.807) is 0 Å². The van der Waals surface area contributed by atoms with Gasteiger partial charge in [-0.15, -0.1) is 0 Å². The number of piperidine rings is 1. The third-order valence-electron chi connectivity index (χ3n) is 4.16. The van der Waals surface area contributed by atoms with Crippen LogP contribution in [0.4, 0.5) is 5.69 Å². The Bertz CT molecular complexity index is 571. The molecule has 0 spiro atoms. The number of nitrogens with two attached hydrogens (primary N) is 1. The first-order chi connectivity index (χ1) is 9.24. The summed E-state index contributed by atoms with van der Waals surface area (Å²) in [6, 6.07) is 8.14. The molecule has 1 aliphatic rings. The van der Waals surface area contributed by atoms with Gasteiger partial charge in [-0.1, -0.05) is 13.0 Å². The molecule has 1 saturated heterocycles. The zero-order valence-electron chi connectivity index (χ0n) is 11.5. The van der Waals surface area contributed by atoms with Gasteiger partial charge in [0.25, 0.3) is 0 Å². The molecule has 1 aliphatic heterocycles. The number of aromatic nitrogens is 1. The molecule has 1 aromatic carbocycles. The molecule has 0 amide bonds. The van der Waals surface area contributed by atoms with Gasteiger partial charge in [-0.2, -0.15) is 0 Å². The van der Waals surface area contributed by atoms with Gasteiger partial charge in [-0.3, -0.25) is 9.88 Å². The fourth-order valence-corrected chi connectivity index (χ4v) is 2.84. The van der Waals surface area contributed by atoms with Crippen LogP contribution in [0.3, 0.4) is 0 Å². The topological polar surface area (TPSA) is 42.1 Å². The van der Waals surface area contributed by atoms with Gasteiger partial charge in [-0.05, 0) is 55.6 Å². The van der Waals surface area contributed by atoms with Gasteiger partial charge in [0.2, 0.25) is 0 Å². The molecule has 2 heterocycles. The molecule has 0 bridgehead atoms. The maximum atomic E-state index is 6.02.